The van der Waals surface area contributed by atoms with Crippen LogP contribution in [0.25, 0.3) is 0 Å². The molecule has 0 unspecified atom stereocenters. The van der Waals surface area contributed by atoms with Crippen LogP contribution >= 0.6 is 0 Å². The summed E-state index contributed by atoms with van der Waals surface area (Å²) in [5.74, 6) is -0.0252. The van der Waals surface area contributed by atoms with Gasteiger partial charge in [-0.15, -0.1) is 0 Å². The van der Waals surface area contributed by atoms with E-state index < -0.39 is 0 Å². The van der Waals surface area contributed by atoms with Gasteiger partial charge in [-0.3, -0.25) is 4.79 Å². The van der Waals surface area contributed by atoms with Crippen molar-refractivity contribution in [2.24, 2.45) is 0 Å². The molecule has 0 aliphatic rings. The number of carbonyl (C=O) groups is 1. The van der Waals surface area contributed by atoms with E-state index in [0.29, 0.717) is 6.54 Å². The normalized spacial score (nSPS) is 10.3. The number of nitrogens with one attached hydrogen (secondary N) is 2. The molecule has 1 rings (SSSR count). The van der Waals surface area contributed by atoms with Gasteiger partial charge >= 0.3 is 0 Å². The van der Waals surface area contributed by atoms with Gasteiger partial charge in [-0.2, -0.15) is 0 Å². The van der Waals surface area contributed by atoms with Crippen molar-refractivity contribution in [3.8, 4) is 0 Å². The number of amides is 1. The van der Waals surface area contributed by atoms with Crippen molar-refractivity contribution in [3.05, 3.63) is 29.8 Å². The van der Waals surface area contributed by atoms with Gasteiger partial charge in [-0.05, 0) is 43.5 Å². The Labute approximate surface area is 108 Å². The molecule has 100 valence electrons. The Morgan fingerprint density at radius 2 is 2.22 bits per heavy atom. The van der Waals surface area contributed by atoms with Crippen molar-refractivity contribution in [1.29, 1.82) is 0 Å². The van der Waals surface area contributed by atoms with Gasteiger partial charge in [0.1, 0.15) is 0 Å². The minimum atomic E-state index is -0.0252. The van der Waals surface area contributed by atoms with Gasteiger partial charge in [-0.1, -0.05) is 19.1 Å². The number of hydrogen-bond donors (Lipinski definition) is 3. The summed E-state index contributed by atoms with van der Waals surface area (Å²) in [5.41, 5.74) is 1.94. The average Bonchev–Trinajstić information content (AvgIpc) is 2.37. The van der Waals surface area contributed by atoms with E-state index in [1.54, 1.807) is 0 Å². The lowest BCUT2D eigenvalue weighted by Gasteiger charge is -2.07. The zero-order chi connectivity index (χ0) is 13.2. The first-order valence-electron chi connectivity index (χ1n) is 6.46. The summed E-state index contributed by atoms with van der Waals surface area (Å²) in [6, 6.07) is 7.75. The van der Waals surface area contributed by atoms with Crippen molar-refractivity contribution >= 4 is 11.6 Å². The van der Waals surface area contributed by atoms with E-state index in [0.717, 1.165) is 37.1 Å². The van der Waals surface area contributed by atoms with Crippen LogP contribution in [-0.2, 0) is 11.2 Å². The SMILES string of the molecule is CCCNCC(=O)Nc1cccc(CCCO)c1. The van der Waals surface area contributed by atoms with Crippen LogP contribution in [0.3, 0.4) is 0 Å². The van der Waals surface area contributed by atoms with Crippen molar-refractivity contribution < 1.29 is 9.90 Å². The second-order valence-corrected chi connectivity index (χ2v) is 4.25. The molecule has 4 nitrogen and oxygen atoms in total. The standard InChI is InChI=1S/C14H22N2O2/c1-2-8-15-11-14(18)16-13-7-3-5-12(10-13)6-4-9-17/h3,5,7,10,15,17H,2,4,6,8-9,11H2,1H3,(H,16,18). The summed E-state index contributed by atoms with van der Waals surface area (Å²) in [4.78, 5) is 11.6. The molecule has 1 amide bonds. The highest BCUT2D eigenvalue weighted by Crippen LogP contribution is 2.11. The van der Waals surface area contributed by atoms with Crippen LogP contribution < -0.4 is 10.6 Å². The third-order valence-electron chi connectivity index (χ3n) is 2.55. The molecule has 0 bridgehead atoms. The molecule has 3 N–H and O–H groups in total. The summed E-state index contributed by atoms with van der Waals surface area (Å²) < 4.78 is 0. The fourth-order valence-corrected chi connectivity index (χ4v) is 1.67. The highest BCUT2D eigenvalue weighted by atomic mass is 16.2. The topological polar surface area (TPSA) is 61.4 Å². The molecule has 18 heavy (non-hydrogen) atoms. The smallest absolute Gasteiger partial charge is 0.238 e. The maximum atomic E-state index is 11.6. The second kappa shape index (κ2) is 8.66. The Morgan fingerprint density at radius 3 is 2.94 bits per heavy atom. The highest BCUT2D eigenvalue weighted by Gasteiger charge is 2.02. The fourth-order valence-electron chi connectivity index (χ4n) is 1.67. The molecule has 1 aromatic rings. The Kier molecular flexibility index (Phi) is 7.06. The van der Waals surface area contributed by atoms with Gasteiger partial charge < -0.3 is 15.7 Å². The van der Waals surface area contributed by atoms with Gasteiger partial charge in [0.05, 0.1) is 6.54 Å². The minimum Gasteiger partial charge on any atom is -0.396 e. The lowest BCUT2D eigenvalue weighted by atomic mass is 10.1. The molecule has 0 atom stereocenters. The molecule has 0 radical (unpaired) electrons. The summed E-state index contributed by atoms with van der Waals surface area (Å²) in [6.45, 7) is 3.45. The van der Waals surface area contributed by atoms with Gasteiger partial charge in [0.2, 0.25) is 5.91 Å². The Bertz CT molecular complexity index is 367. The average molecular weight is 250 g/mol. The first-order valence-corrected chi connectivity index (χ1v) is 6.46. The van der Waals surface area contributed by atoms with Crippen LogP contribution in [-0.4, -0.2) is 30.7 Å². The van der Waals surface area contributed by atoms with Crippen molar-refractivity contribution in [1.82, 2.24) is 5.32 Å². The van der Waals surface area contributed by atoms with Crippen LogP contribution in [0.2, 0.25) is 0 Å². The van der Waals surface area contributed by atoms with E-state index >= 15 is 0 Å². The molecule has 0 saturated carbocycles. The van der Waals surface area contributed by atoms with Crippen molar-refractivity contribution in [2.75, 3.05) is 25.0 Å². The Balaban J connectivity index is 2.43. The van der Waals surface area contributed by atoms with Crippen molar-refractivity contribution in [2.45, 2.75) is 26.2 Å². The first-order chi connectivity index (χ1) is 8.76. The first kappa shape index (κ1) is 14.7. The molecule has 0 spiro atoms. The van der Waals surface area contributed by atoms with Crippen molar-refractivity contribution in [3.63, 3.8) is 0 Å². The predicted molar refractivity (Wildman–Crippen MR) is 73.6 cm³/mol. The van der Waals surface area contributed by atoms with Crippen LogP contribution in [0.15, 0.2) is 24.3 Å². The van der Waals surface area contributed by atoms with E-state index in [1.807, 2.05) is 24.3 Å². The van der Waals surface area contributed by atoms with Gasteiger partial charge in [0.25, 0.3) is 0 Å². The van der Waals surface area contributed by atoms with E-state index in [1.165, 1.54) is 0 Å². The molecular weight excluding hydrogens is 228 g/mol. The monoisotopic (exact) mass is 250 g/mol. The lowest BCUT2D eigenvalue weighted by molar-refractivity contribution is -0.115. The largest absolute Gasteiger partial charge is 0.396 e. The summed E-state index contributed by atoms with van der Waals surface area (Å²) in [7, 11) is 0. The van der Waals surface area contributed by atoms with Crippen LogP contribution in [0.5, 0.6) is 0 Å². The lowest BCUT2D eigenvalue weighted by Crippen LogP contribution is -2.28. The number of carbonyl (C=O) groups excluding carboxylic acids is 1. The number of aliphatic hydroxyl groups is 1. The van der Waals surface area contributed by atoms with E-state index in [2.05, 4.69) is 17.6 Å². The number of aryl methyl sites for hydroxylation is 1. The quantitative estimate of drug-likeness (QED) is 0.613. The number of benzene rings is 1. The highest BCUT2D eigenvalue weighted by molar-refractivity contribution is 5.92. The Hall–Kier alpha value is -1.39. The summed E-state index contributed by atoms with van der Waals surface area (Å²) in [6.07, 6.45) is 2.59. The maximum absolute atomic E-state index is 11.6. The molecule has 0 heterocycles. The van der Waals surface area contributed by atoms with Gasteiger partial charge in [-0.25, -0.2) is 0 Å². The zero-order valence-electron chi connectivity index (χ0n) is 10.9. The molecule has 1 aromatic carbocycles. The molecule has 0 saturated heterocycles. The zero-order valence-corrected chi connectivity index (χ0v) is 10.9. The second-order valence-electron chi connectivity index (χ2n) is 4.25. The molecule has 0 aliphatic heterocycles. The van der Waals surface area contributed by atoms with Crippen LogP contribution in [0.1, 0.15) is 25.3 Å². The van der Waals surface area contributed by atoms with Gasteiger partial charge in [0, 0.05) is 12.3 Å². The number of aliphatic hydroxyl groups excluding tert-OH is 1. The maximum Gasteiger partial charge on any atom is 0.238 e. The minimum absolute atomic E-state index is 0.0252. The third-order valence-corrected chi connectivity index (χ3v) is 2.55. The Morgan fingerprint density at radius 1 is 1.39 bits per heavy atom. The van der Waals surface area contributed by atoms with Crippen LogP contribution in [0.4, 0.5) is 5.69 Å². The van der Waals surface area contributed by atoms with E-state index in [9.17, 15) is 4.79 Å². The molecular formula is C14H22N2O2. The summed E-state index contributed by atoms with van der Waals surface area (Å²) >= 11 is 0. The van der Waals surface area contributed by atoms with Gasteiger partial charge in [0.15, 0.2) is 0 Å². The number of hydrogen-bond acceptors (Lipinski definition) is 3. The molecule has 4 heteroatoms. The van der Waals surface area contributed by atoms with Crippen LogP contribution in [0, 0.1) is 0 Å². The fraction of sp³-hybridized carbons (Fsp3) is 0.500. The van der Waals surface area contributed by atoms with E-state index in [-0.39, 0.29) is 12.5 Å². The molecule has 0 aliphatic carbocycles. The number of anilines is 1. The predicted octanol–water partition coefficient (Wildman–Crippen LogP) is 1.55. The third kappa shape index (κ3) is 5.80. The van der Waals surface area contributed by atoms with E-state index in [4.69, 9.17) is 5.11 Å². The summed E-state index contributed by atoms with van der Waals surface area (Å²) in [5, 5.41) is 14.7. The molecule has 0 aromatic heterocycles. The number of rotatable bonds is 8. The molecule has 0 fully saturated rings.